The third kappa shape index (κ3) is 9.72. The molecule has 2 heteroatoms. The van der Waals surface area contributed by atoms with Crippen molar-refractivity contribution in [2.45, 2.75) is 122 Å². The van der Waals surface area contributed by atoms with Crippen LogP contribution in [0.2, 0.25) is 0 Å². The number of hydrogen-bond donors (Lipinski definition) is 0. The fourth-order valence-corrected chi connectivity index (χ4v) is 6.71. The number of aromatic nitrogens is 2. The molecule has 0 amide bonds. The minimum atomic E-state index is -0.0344. The van der Waals surface area contributed by atoms with Crippen molar-refractivity contribution in [1.82, 2.24) is 4.57 Å². The third-order valence-electron chi connectivity index (χ3n) is 9.24. The largest absolute Gasteiger partial charge is 0.249 e. The molecule has 0 radical (unpaired) electrons. The Bertz CT molecular complexity index is 1230. The molecule has 2 unspecified atom stereocenters. The van der Waals surface area contributed by atoms with Gasteiger partial charge in [0.2, 0.25) is 6.33 Å². The molecule has 0 aliphatic rings. The quantitative estimate of drug-likeness (QED) is 0.0747. The van der Waals surface area contributed by atoms with Crippen LogP contribution in [0, 0.1) is 0 Å². The SMILES string of the molecule is CCCCCCCCCCCCCCCC([n+]1ccn(-c2ccccc2)c1)C(C)(Cc1ccccc1)c1ccccc1. The highest BCUT2D eigenvalue weighted by molar-refractivity contribution is 5.31. The van der Waals surface area contributed by atoms with Crippen molar-refractivity contribution in [3.8, 4) is 5.69 Å². The second kappa shape index (κ2) is 17.7. The molecule has 224 valence electrons. The summed E-state index contributed by atoms with van der Waals surface area (Å²) in [6.45, 7) is 4.79. The fourth-order valence-electron chi connectivity index (χ4n) is 6.71. The zero-order valence-corrected chi connectivity index (χ0v) is 26.5. The van der Waals surface area contributed by atoms with Crippen LogP contribution in [0.1, 0.15) is 121 Å². The molecule has 4 aromatic rings. The molecule has 2 nitrogen and oxygen atoms in total. The van der Waals surface area contributed by atoms with Crippen LogP contribution in [0.5, 0.6) is 0 Å². The van der Waals surface area contributed by atoms with Gasteiger partial charge in [-0.05, 0) is 42.5 Å². The summed E-state index contributed by atoms with van der Waals surface area (Å²) in [6.07, 6.45) is 27.1. The van der Waals surface area contributed by atoms with Gasteiger partial charge in [0.25, 0.3) is 0 Å². The lowest BCUT2D eigenvalue weighted by atomic mass is 9.70. The predicted octanol–water partition coefficient (Wildman–Crippen LogP) is 11.0. The first-order valence-electron chi connectivity index (χ1n) is 16.9. The molecule has 0 spiro atoms. The maximum absolute atomic E-state index is 2.50. The lowest BCUT2D eigenvalue weighted by Crippen LogP contribution is -2.50. The lowest BCUT2D eigenvalue weighted by Gasteiger charge is -2.37. The number of benzene rings is 3. The van der Waals surface area contributed by atoms with Crippen LogP contribution in [-0.4, -0.2) is 4.57 Å². The molecule has 3 aromatic carbocycles. The topological polar surface area (TPSA) is 8.81 Å². The van der Waals surface area contributed by atoms with Crippen LogP contribution in [0.15, 0.2) is 110 Å². The fraction of sp³-hybridized carbons (Fsp3) is 0.475. The van der Waals surface area contributed by atoms with E-state index in [0.29, 0.717) is 6.04 Å². The van der Waals surface area contributed by atoms with Crippen molar-refractivity contribution in [2.75, 3.05) is 0 Å². The van der Waals surface area contributed by atoms with Crippen LogP contribution in [0.4, 0.5) is 0 Å². The van der Waals surface area contributed by atoms with Crippen molar-refractivity contribution in [1.29, 1.82) is 0 Å². The summed E-state index contributed by atoms with van der Waals surface area (Å²) in [5.74, 6) is 0. The minimum absolute atomic E-state index is 0.0344. The van der Waals surface area contributed by atoms with E-state index < -0.39 is 0 Å². The van der Waals surface area contributed by atoms with Crippen LogP contribution in [0.3, 0.4) is 0 Å². The van der Waals surface area contributed by atoms with Crippen molar-refractivity contribution in [2.24, 2.45) is 0 Å². The minimum Gasteiger partial charge on any atom is -0.233 e. The van der Waals surface area contributed by atoms with Gasteiger partial charge in [0, 0.05) is 5.41 Å². The van der Waals surface area contributed by atoms with E-state index in [1.807, 2.05) is 0 Å². The number of hydrogen-bond acceptors (Lipinski definition) is 0. The molecule has 0 saturated carbocycles. The number of rotatable bonds is 20. The molecule has 42 heavy (non-hydrogen) atoms. The molecule has 1 aromatic heterocycles. The van der Waals surface area contributed by atoms with E-state index >= 15 is 0 Å². The Morgan fingerprint density at radius 2 is 1.12 bits per heavy atom. The van der Waals surface area contributed by atoms with Gasteiger partial charge in [-0.3, -0.25) is 0 Å². The van der Waals surface area contributed by atoms with Crippen LogP contribution >= 0.6 is 0 Å². The smallest absolute Gasteiger partial charge is 0.233 e. The normalized spacial score (nSPS) is 13.6. The Balaban J connectivity index is 1.41. The Morgan fingerprint density at radius 1 is 0.619 bits per heavy atom. The number of imidazole rings is 1. The summed E-state index contributed by atoms with van der Waals surface area (Å²) in [4.78, 5) is 0. The van der Waals surface area contributed by atoms with Gasteiger partial charge in [-0.25, -0.2) is 9.13 Å². The average molecular weight is 564 g/mol. The number of para-hydroxylation sites is 1. The van der Waals surface area contributed by atoms with E-state index in [1.165, 1.54) is 107 Å². The summed E-state index contributed by atoms with van der Waals surface area (Å²) in [6, 6.07) is 33.4. The standard InChI is InChI=1S/C40H55N2/c1-3-4-5-6-7-8-9-10-11-12-13-14-24-31-39(42-33-32-41(35-42)38-29-22-17-23-30-38)40(2,37-27-20-16-21-28-37)34-36-25-18-15-19-26-36/h15-23,25-30,32-33,35,39H,3-14,24,31,34H2,1-2H3/q+1. The van der Waals surface area contributed by atoms with Gasteiger partial charge in [-0.15, -0.1) is 0 Å². The number of nitrogens with zero attached hydrogens (tertiary/aromatic N) is 2. The van der Waals surface area contributed by atoms with Gasteiger partial charge in [0.15, 0.2) is 0 Å². The van der Waals surface area contributed by atoms with Gasteiger partial charge < -0.3 is 0 Å². The second-order valence-electron chi connectivity index (χ2n) is 12.6. The van der Waals surface area contributed by atoms with E-state index in [-0.39, 0.29) is 5.41 Å². The molecule has 0 aliphatic carbocycles. The van der Waals surface area contributed by atoms with E-state index in [0.717, 1.165) is 6.42 Å². The highest BCUT2D eigenvalue weighted by Gasteiger charge is 2.40. The first-order valence-corrected chi connectivity index (χ1v) is 16.9. The van der Waals surface area contributed by atoms with Gasteiger partial charge >= 0.3 is 0 Å². The Hall–Kier alpha value is -3.13. The first-order chi connectivity index (χ1) is 20.7. The van der Waals surface area contributed by atoms with Crippen molar-refractivity contribution in [3.63, 3.8) is 0 Å². The first kappa shape index (κ1) is 31.8. The van der Waals surface area contributed by atoms with E-state index in [9.17, 15) is 0 Å². The van der Waals surface area contributed by atoms with Crippen LogP contribution in [0.25, 0.3) is 5.69 Å². The van der Waals surface area contributed by atoms with Crippen molar-refractivity contribution in [3.05, 3.63) is 121 Å². The van der Waals surface area contributed by atoms with E-state index in [1.54, 1.807) is 0 Å². The van der Waals surface area contributed by atoms with E-state index in [4.69, 9.17) is 0 Å². The van der Waals surface area contributed by atoms with Crippen LogP contribution < -0.4 is 4.57 Å². The molecule has 1 heterocycles. The molecule has 4 rings (SSSR count). The lowest BCUT2D eigenvalue weighted by molar-refractivity contribution is -0.732. The number of unbranched alkanes of at least 4 members (excludes halogenated alkanes) is 12. The second-order valence-corrected chi connectivity index (χ2v) is 12.6. The van der Waals surface area contributed by atoms with Crippen molar-refractivity contribution < 1.29 is 4.57 Å². The van der Waals surface area contributed by atoms with Gasteiger partial charge in [-0.2, -0.15) is 0 Å². The molecule has 0 N–H and O–H groups in total. The average Bonchev–Trinajstić information content (AvgIpc) is 3.52. The van der Waals surface area contributed by atoms with Gasteiger partial charge in [0.1, 0.15) is 24.1 Å². The molecule has 0 bridgehead atoms. The highest BCUT2D eigenvalue weighted by atomic mass is 15.1. The molecule has 0 fully saturated rings. The molecule has 0 aliphatic heterocycles. The summed E-state index contributed by atoms with van der Waals surface area (Å²) in [7, 11) is 0. The monoisotopic (exact) mass is 563 g/mol. The van der Waals surface area contributed by atoms with Crippen LogP contribution in [-0.2, 0) is 11.8 Å². The molecule has 0 saturated heterocycles. The molecule has 2 atom stereocenters. The maximum Gasteiger partial charge on any atom is 0.249 e. The van der Waals surface area contributed by atoms with Gasteiger partial charge in [-0.1, -0.05) is 170 Å². The van der Waals surface area contributed by atoms with E-state index in [2.05, 4.69) is 133 Å². The summed E-state index contributed by atoms with van der Waals surface area (Å²) < 4.78 is 4.77. The van der Waals surface area contributed by atoms with Gasteiger partial charge in [0.05, 0.1) is 0 Å². The Morgan fingerprint density at radius 3 is 1.69 bits per heavy atom. The summed E-state index contributed by atoms with van der Waals surface area (Å²) in [5.41, 5.74) is 4.00. The molecular weight excluding hydrogens is 508 g/mol. The summed E-state index contributed by atoms with van der Waals surface area (Å²) >= 11 is 0. The molecular formula is C40H55N2+. The van der Waals surface area contributed by atoms with Crippen molar-refractivity contribution >= 4 is 0 Å². The Labute approximate surface area is 256 Å². The highest BCUT2D eigenvalue weighted by Crippen LogP contribution is 2.39. The zero-order chi connectivity index (χ0) is 29.3. The maximum atomic E-state index is 2.50. The zero-order valence-electron chi connectivity index (χ0n) is 26.5. The third-order valence-corrected chi connectivity index (χ3v) is 9.24. The predicted molar refractivity (Wildman–Crippen MR) is 179 cm³/mol. The summed E-state index contributed by atoms with van der Waals surface area (Å²) in [5, 5.41) is 0. The Kier molecular flexibility index (Phi) is 13.4.